The van der Waals surface area contributed by atoms with Gasteiger partial charge in [0.1, 0.15) is 11.5 Å². The van der Waals surface area contributed by atoms with Gasteiger partial charge >= 0.3 is 11.9 Å². The predicted molar refractivity (Wildman–Crippen MR) is 136 cm³/mol. The minimum Gasteiger partial charge on any atom is -0.493 e. The molecule has 6 nitrogen and oxygen atoms in total. The highest BCUT2D eigenvalue weighted by atomic mass is 32.2. The topological polar surface area (TPSA) is 78.9 Å². The second-order valence-electron chi connectivity index (χ2n) is 7.33. The normalized spacial score (nSPS) is 10.2. The van der Waals surface area contributed by atoms with Crippen LogP contribution < -0.4 is 9.47 Å². The Balaban J connectivity index is 1.48. The highest BCUT2D eigenvalue weighted by molar-refractivity contribution is 8.14. The molecule has 184 valence electrons. The lowest BCUT2D eigenvalue weighted by Gasteiger charge is -2.08. The van der Waals surface area contributed by atoms with Crippen molar-refractivity contribution in [3.8, 4) is 22.6 Å². The van der Waals surface area contributed by atoms with Crippen LogP contribution in [-0.4, -0.2) is 30.3 Å². The zero-order valence-electron chi connectivity index (χ0n) is 19.3. The lowest BCUT2D eigenvalue weighted by molar-refractivity contribution is -0.141. The zero-order valence-corrected chi connectivity index (χ0v) is 20.1. The smallest absolute Gasteiger partial charge is 0.366 e. The van der Waals surface area contributed by atoms with Gasteiger partial charge in [0.2, 0.25) is 10.9 Å². The maximum absolute atomic E-state index is 12.7. The number of ether oxygens (including phenoxy) is 3. The van der Waals surface area contributed by atoms with Crippen LogP contribution in [0.1, 0.15) is 16.8 Å². The van der Waals surface area contributed by atoms with Crippen LogP contribution in [0.2, 0.25) is 0 Å². The quantitative estimate of drug-likeness (QED) is 0.101. The summed E-state index contributed by atoms with van der Waals surface area (Å²) in [4.78, 5) is 35.7. The molecule has 0 aromatic heterocycles. The van der Waals surface area contributed by atoms with Crippen LogP contribution in [0.15, 0.2) is 103 Å². The third-order valence-corrected chi connectivity index (χ3v) is 5.67. The average Bonchev–Trinajstić information content (AvgIpc) is 2.89. The molecule has 3 rings (SSSR count). The van der Waals surface area contributed by atoms with Gasteiger partial charge in [-0.3, -0.25) is 4.79 Å². The van der Waals surface area contributed by atoms with Crippen molar-refractivity contribution in [2.24, 2.45) is 0 Å². The number of carbonyl (C=O) groups excluding carboxylic acids is 3. The number of carbonyl (C=O) groups is 3. The molecule has 0 fully saturated rings. The van der Waals surface area contributed by atoms with Gasteiger partial charge in [-0.2, -0.15) is 4.39 Å². The maximum Gasteiger partial charge on any atom is 0.366 e. The largest absolute Gasteiger partial charge is 0.493 e. The molecule has 0 radical (unpaired) electrons. The Bertz CT molecular complexity index is 1230. The zero-order chi connectivity index (χ0) is 25.9. The summed E-state index contributed by atoms with van der Waals surface area (Å²) in [5.41, 5.74) is 2.40. The highest BCUT2D eigenvalue weighted by Crippen LogP contribution is 2.27. The summed E-state index contributed by atoms with van der Waals surface area (Å²) >= 11 is 1.10. The molecule has 0 saturated carbocycles. The first kappa shape index (κ1) is 26.4. The number of benzene rings is 3. The standard InChI is InChI=1S/C28H23FO6S/c1-3-26(30)35-24-11-9-21(10-12-24)20-5-7-22(8-6-20)28(32)36-25-15-13-23(14-16-25)33-17-4-18-34-27(31)19(2)29/h3,5-16H,1-2,4,17-18H2. The van der Waals surface area contributed by atoms with Gasteiger partial charge in [0.25, 0.3) is 0 Å². The van der Waals surface area contributed by atoms with Gasteiger partial charge in [0.15, 0.2) is 0 Å². The Kier molecular flexibility index (Phi) is 9.59. The molecule has 3 aromatic rings. The van der Waals surface area contributed by atoms with E-state index in [0.717, 1.165) is 33.9 Å². The first-order chi connectivity index (χ1) is 17.4. The third kappa shape index (κ3) is 7.95. The summed E-state index contributed by atoms with van der Waals surface area (Å²) in [6.45, 7) is 6.54. The van der Waals surface area contributed by atoms with E-state index in [-0.39, 0.29) is 18.3 Å². The molecule has 0 aliphatic heterocycles. The number of hydrogen-bond donors (Lipinski definition) is 0. The summed E-state index contributed by atoms with van der Waals surface area (Å²) < 4.78 is 27.8. The molecule has 0 aliphatic rings. The molecule has 8 heteroatoms. The predicted octanol–water partition coefficient (Wildman–Crippen LogP) is 6.17. The lowest BCUT2D eigenvalue weighted by atomic mass is 10.0. The Morgan fingerprint density at radius 2 is 1.42 bits per heavy atom. The monoisotopic (exact) mass is 506 g/mol. The molecule has 0 unspecified atom stereocenters. The van der Waals surface area contributed by atoms with Crippen molar-refractivity contribution in [3.05, 3.63) is 103 Å². The van der Waals surface area contributed by atoms with Crippen molar-refractivity contribution in [2.75, 3.05) is 13.2 Å². The van der Waals surface area contributed by atoms with E-state index in [1.54, 1.807) is 48.5 Å². The molecule has 36 heavy (non-hydrogen) atoms. The van der Waals surface area contributed by atoms with E-state index >= 15 is 0 Å². The molecular weight excluding hydrogens is 483 g/mol. The minimum absolute atomic E-state index is 0.0272. The van der Waals surface area contributed by atoms with E-state index in [1.807, 2.05) is 24.3 Å². The molecule has 0 heterocycles. The first-order valence-electron chi connectivity index (χ1n) is 10.9. The van der Waals surface area contributed by atoms with Crippen molar-refractivity contribution in [3.63, 3.8) is 0 Å². The van der Waals surface area contributed by atoms with E-state index in [4.69, 9.17) is 9.47 Å². The van der Waals surface area contributed by atoms with Crippen LogP contribution >= 0.6 is 11.8 Å². The van der Waals surface area contributed by atoms with E-state index in [0.29, 0.717) is 23.5 Å². The van der Waals surface area contributed by atoms with E-state index in [9.17, 15) is 18.8 Å². The van der Waals surface area contributed by atoms with Gasteiger partial charge in [-0.1, -0.05) is 37.4 Å². The van der Waals surface area contributed by atoms with Crippen LogP contribution in [-0.2, 0) is 14.3 Å². The van der Waals surface area contributed by atoms with Crippen molar-refractivity contribution in [1.82, 2.24) is 0 Å². The average molecular weight is 507 g/mol. The van der Waals surface area contributed by atoms with Crippen molar-refractivity contribution in [1.29, 1.82) is 0 Å². The summed E-state index contributed by atoms with van der Waals surface area (Å²) in [6.07, 6.45) is 1.50. The number of hydrogen-bond acceptors (Lipinski definition) is 7. The van der Waals surface area contributed by atoms with Crippen molar-refractivity contribution < 1.29 is 33.0 Å². The summed E-state index contributed by atoms with van der Waals surface area (Å²) in [5.74, 6) is -1.70. The SMILES string of the molecule is C=CC(=O)Oc1ccc(-c2ccc(C(=O)Sc3ccc(OCCCOC(=O)C(=C)F)cc3)cc2)cc1. The van der Waals surface area contributed by atoms with Crippen LogP contribution in [0.3, 0.4) is 0 Å². The number of esters is 2. The van der Waals surface area contributed by atoms with Gasteiger partial charge in [0.05, 0.1) is 13.2 Å². The van der Waals surface area contributed by atoms with Crippen LogP contribution in [0, 0.1) is 0 Å². The fourth-order valence-electron chi connectivity index (χ4n) is 2.93. The second kappa shape index (κ2) is 13.1. The van der Waals surface area contributed by atoms with Gasteiger partial charge < -0.3 is 14.2 Å². The molecule has 0 atom stereocenters. The third-order valence-electron chi connectivity index (χ3n) is 4.74. The Hall–Kier alpha value is -4.17. The van der Waals surface area contributed by atoms with Gasteiger partial charge in [0, 0.05) is 23.0 Å². The van der Waals surface area contributed by atoms with Crippen LogP contribution in [0.4, 0.5) is 4.39 Å². The molecule has 3 aromatic carbocycles. The first-order valence-corrected chi connectivity index (χ1v) is 11.7. The van der Waals surface area contributed by atoms with Gasteiger partial charge in [-0.05, 0) is 71.4 Å². The molecule has 0 N–H and O–H groups in total. The number of halogens is 1. The van der Waals surface area contributed by atoms with Crippen molar-refractivity contribution in [2.45, 2.75) is 11.3 Å². The Labute approximate surface area is 212 Å². The van der Waals surface area contributed by atoms with E-state index in [2.05, 4.69) is 17.9 Å². The van der Waals surface area contributed by atoms with Crippen LogP contribution in [0.5, 0.6) is 11.5 Å². The number of thioether (sulfide) groups is 1. The molecule has 0 aliphatic carbocycles. The fourth-order valence-corrected chi connectivity index (χ4v) is 3.67. The Morgan fingerprint density at radius 1 is 0.833 bits per heavy atom. The van der Waals surface area contributed by atoms with E-state index in [1.165, 1.54) is 0 Å². The maximum atomic E-state index is 12.7. The molecule has 0 saturated heterocycles. The minimum atomic E-state index is -1.13. The second-order valence-corrected chi connectivity index (χ2v) is 8.38. The van der Waals surface area contributed by atoms with Crippen LogP contribution in [0.25, 0.3) is 11.1 Å². The fraction of sp³-hybridized carbons (Fsp3) is 0.107. The molecule has 0 amide bonds. The van der Waals surface area contributed by atoms with E-state index < -0.39 is 17.8 Å². The Morgan fingerprint density at radius 3 is 2.00 bits per heavy atom. The van der Waals surface area contributed by atoms with Gasteiger partial charge in [-0.25, -0.2) is 9.59 Å². The molecule has 0 bridgehead atoms. The molecular formula is C28H23FO6S. The van der Waals surface area contributed by atoms with Gasteiger partial charge in [-0.15, -0.1) is 0 Å². The highest BCUT2D eigenvalue weighted by Gasteiger charge is 2.10. The summed E-state index contributed by atoms with van der Waals surface area (Å²) in [5, 5.41) is -0.0989. The summed E-state index contributed by atoms with van der Waals surface area (Å²) in [7, 11) is 0. The lowest BCUT2D eigenvalue weighted by Crippen LogP contribution is -2.08. The summed E-state index contributed by atoms with van der Waals surface area (Å²) in [6, 6.07) is 21.3. The molecule has 0 spiro atoms. The number of rotatable bonds is 11. The van der Waals surface area contributed by atoms with Crippen molar-refractivity contribution >= 4 is 28.8 Å².